The SMILES string of the molecule is CCCCCCCCCCCCCCC(CCCCCCCCCCCCCC)CO[C@@H]1O[C@H](CO)[C@@H](O[C@@H]2O[C@H](CO)[C@H](O)[C@H](O[C@@H]3O[C@H](COS(=O)(=O)[O-])[C@@H](O[C@@H]4O[C@H](CO)[C@H](O)[C@H](OC56C[C@H](O)[C@@H](NC5=O)[C@H]([C@H](O)[C@H](O)CO)O6)[C@H]4O)[C@H](O)[C@H]3NC(C)=O)[C@H]2O)[C@H](O)[C@H]1O.[Na+]. The number of aliphatic hydroxyl groups excluding tert-OH is 14. The van der Waals surface area contributed by atoms with E-state index in [1.807, 2.05) is 0 Å². The zero-order valence-electron chi connectivity index (χ0n) is 58.0. The predicted octanol–water partition coefficient (Wildman–Crippen LogP) is -4.21. The first kappa shape index (κ1) is 88.5. The fourth-order valence-corrected chi connectivity index (χ4v) is 14.2. The van der Waals surface area contributed by atoms with Crippen LogP contribution in [0.25, 0.3) is 0 Å². The first-order chi connectivity index (χ1) is 46.9. The van der Waals surface area contributed by atoms with E-state index in [2.05, 4.69) is 28.7 Å². The minimum atomic E-state index is -5.64. The molecule has 0 aromatic heterocycles. The fraction of sp³-hybridized carbons (Fsp3) is 0.969. The summed E-state index contributed by atoms with van der Waals surface area (Å²) in [6.07, 6.45) is -14.9. The molecule has 7 rings (SSSR count). The zero-order valence-corrected chi connectivity index (χ0v) is 60.9. The van der Waals surface area contributed by atoms with Gasteiger partial charge in [-0.1, -0.05) is 168 Å². The third-order valence-electron chi connectivity index (χ3n) is 19.6. The number of aliphatic hydroxyl groups is 14. The molecule has 0 saturated carbocycles. The normalized spacial score (nSPS) is 36.4. The van der Waals surface area contributed by atoms with E-state index in [4.69, 9.17) is 47.4 Å². The van der Waals surface area contributed by atoms with E-state index in [0.29, 0.717) is 0 Å². The van der Waals surface area contributed by atoms with E-state index >= 15 is 0 Å². The number of rotatable bonds is 47. The molecule has 99 heavy (non-hydrogen) atoms. The molecule has 32 nitrogen and oxygen atoms in total. The molecule has 2 amide bonds. The van der Waals surface area contributed by atoms with Gasteiger partial charge >= 0.3 is 29.6 Å². The van der Waals surface area contributed by atoms with Crippen LogP contribution in [-0.2, 0) is 71.5 Å². The number of unbranched alkanes of at least 4 members (excludes halogenated alkanes) is 22. The predicted molar refractivity (Wildman–Crippen MR) is 341 cm³/mol. The Labute approximate surface area is 603 Å². The molecule has 0 aliphatic carbocycles. The van der Waals surface area contributed by atoms with E-state index in [-0.39, 0.29) is 42.1 Å². The van der Waals surface area contributed by atoms with Gasteiger partial charge in [-0.15, -0.1) is 0 Å². The van der Waals surface area contributed by atoms with Gasteiger partial charge in [0.15, 0.2) is 25.2 Å². The van der Waals surface area contributed by atoms with Gasteiger partial charge in [0.1, 0.15) is 116 Å². The fourth-order valence-electron chi connectivity index (χ4n) is 13.9. The number of amides is 2. The minimum absolute atomic E-state index is 0. The van der Waals surface area contributed by atoms with Crippen molar-refractivity contribution >= 4 is 22.2 Å². The first-order valence-corrected chi connectivity index (χ1v) is 37.2. The summed E-state index contributed by atoms with van der Waals surface area (Å²) in [7, 11) is -5.64. The maximum absolute atomic E-state index is 13.5. The van der Waals surface area contributed by atoms with Gasteiger partial charge in [0.25, 0.3) is 11.7 Å². The van der Waals surface area contributed by atoms with Crippen molar-refractivity contribution in [2.75, 3.05) is 39.6 Å². The van der Waals surface area contributed by atoms with Crippen LogP contribution in [0.5, 0.6) is 0 Å². The van der Waals surface area contributed by atoms with Crippen LogP contribution in [0, 0.1) is 5.92 Å². The van der Waals surface area contributed by atoms with Crippen molar-refractivity contribution in [2.45, 2.75) is 353 Å². The Balaban J connectivity index is 0.0000177. The van der Waals surface area contributed by atoms with Crippen molar-refractivity contribution in [3.63, 3.8) is 0 Å². The Morgan fingerprint density at radius 1 is 0.576 bits per heavy atom. The number of fused-ring (bicyclic) bond motifs is 3. The van der Waals surface area contributed by atoms with E-state index in [1.54, 1.807) is 0 Å². The van der Waals surface area contributed by atoms with E-state index in [1.165, 1.54) is 116 Å². The number of hydrogen-bond acceptors (Lipinski definition) is 30. The molecule has 574 valence electrons. The summed E-state index contributed by atoms with van der Waals surface area (Å²) in [5.41, 5.74) is 0. The number of carbonyl (C=O) groups is 2. The summed E-state index contributed by atoms with van der Waals surface area (Å²) in [4.78, 5) is 26.4. The van der Waals surface area contributed by atoms with Crippen LogP contribution in [0.2, 0.25) is 0 Å². The van der Waals surface area contributed by atoms with Gasteiger partial charge in [-0.05, 0) is 18.8 Å². The molecule has 2 bridgehead atoms. The van der Waals surface area contributed by atoms with Crippen molar-refractivity contribution in [1.29, 1.82) is 0 Å². The molecule has 0 aromatic carbocycles. The molecular formula is C65H117N2NaO30S. The second-order valence-electron chi connectivity index (χ2n) is 27.4. The standard InChI is InChI=1S/C65H118N2O30S.Na/c1-4-6-8-10-12-14-16-18-20-22-24-26-28-38(29-27-25-23-21-19-17-15-13-11-9-7-5-2)35-87-61-52(80)51(79)55(43(34-71)91-61)93-62-53(81)58(48(76)41(32-69)89-62)95-60-46(66-37(3)72)50(78)56(44(92-60)36-88-98(84,85)86)94-63-54(82)59(49(77)42(33-70)90-63)97-65-30-39(73)45(67-64(65)83)57(96-65)47(75)40(74)31-68;/h38-63,68-71,73-82H,4-36H2,1-3H3,(H,66,72)(H,67,83)(H,84,85,86);/q;+1/p-1/t39-,40+,41+,42+,43+,44+,45+,46+,47+,48-,49-,50+,51+,52+,53+,54+,55+,56+,57+,58-,59-,60-,61+,62-,63-,65?;/m0./s1. The summed E-state index contributed by atoms with van der Waals surface area (Å²) >= 11 is 0. The number of hydrogen-bond donors (Lipinski definition) is 16. The molecule has 26 atom stereocenters. The van der Waals surface area contributed by atoms with Crippen molar-refractivity contribution in [3.8, 4) is 0 Å². The zero-order chi connectivity index (χ0) is 71.7. The monoisotopic (exact) mass is 1460 g/mol. The molecule has 7 saturated heterocycles. The van der Waals surface area contributed by atoms with Crippen molar-refractivity contribution in [3.05, 3.63) is 0 Å². The third-order valence-corrected chi connectivity index (χ3v) is 20.1. The van der Waals surface area contributed by atoms with Gasteiger partial charge < -0.3 is 134 Å². The van der Waals surface area contributed by atoms with E-state index in [0.717, 1.165) is 58.3 Å². The average molecular weight is 1460 g/mol. The second kappa shape index (κ2) is 44.9. The van der Waals surface area contributed by atoms with Crippen LogP contribution < -0.4 is 40.2 Å². The first-order valence-electron chi connectivity index (χ1n) is 35.9. The van der Waals surface area contributed by atoms with Crippen LogP contribution in [-0.4, -0.2) is 295 Å². The molecule has 7 fully saturated rings. The molecule has 0 radical (unpaired) electrons. The molecule has 7 heterocycles. The Morgan fingerprint density at radius 3 is 1.47 bits per heavy atom. The quantitative estimate of drug-likeness (QED) is 0.0119. The van der Waals surface area contributed by atoms with Crippen molar-refractivity contribution < 1.29 is 175 Å². The molecular weight excluding hydrogens is 1340 g/mol. The maximum Gasteiger partial charge on any atom is 1.00 e. The van der Waals surface area contributed by atoms with Crippen molar-refractivity contribution in [1.82, 2.24) is 10.6 Å². The van der Waals surface area contributed by atoms with Gasteiger partial charge in [0.05, 0.1) is 51.8 Å². The molecule has 16 N–H and O–H groups in total. The van der Waals surface area contributed by atoms with Gasteiger partial charge in [-0.2, -0.15) is 0 Å². The van der Waals surface area contributed by atoms with E-state index in [9.17, 15) is 94.1 Å². The van der Waals surface area contributed by atoms with Crippen LogP contribution >= 0.6 is 0 Å². The second-order valence-corrected chi connectivity index (χ2v) is 28.4. The average Bonchev–Trinajstić information content (AvgIpc) is 0.758. The molecule has 34 heteroatoms. The number of nitrogens with one attached hydrogen (secondary N) is 2. The van der Waals surface area contributed by atoms with Gasteiger partial charge in [0.2, 0.25) is 16.3 Å². The molecule has 1 unspecified atom stereocenters. The Kier molecular flexibility index (Phi) is 40.1. The largest absolute Gasteiger partial charge is 1.00 e. The summed E-state index contributed by atoms with van der Waals surface area (Å²) in [6, 6.07) is -3.30. The molecule has 0 aromatic rings. The summed E-state index contributed by atoms with van der Waals surface area (Å²) in [5.74, 6) is -4.62. The maximum atomic E-state index is 13.5. The van der Waals surface area contributed by atoms with Gasteiger partial charge in [-0.25, -0.2) is 8.42 Å². The minimum Gasteiger partial charge on any atom is -0.726 e. The Morgan fingerprint density at radius 2 is 1.01 bits per heavy atom. The number of carbonyl (C=O) groups excluding carboxylic acids is 2. The molecule has 7 aliphatic heterocycles. The van der Waals surface area contributed by atoms with Gasteiger partial charge in [0, 0.05) is 13.3 Å². The molecule has 0 spiro atoms. The smallest absolute Gasteiger partial charge is 0.726 e. The van der Waals surface area contributed by atoms with Crippen LogP contribution in [0.1, 0.15) is 194 Å². The summed E-state index contributed by atoms with van der Waals surface area (Å²) in [5, 5.41) is 160. The molecule has 7 aliphatic rings. The number of piperidine rings is 1. The number of ether oxygens (including phenoxy) is 10. The van der Waals surface area contributed by atoms with E-state index < -0.39 is 221 Å². The van der Waals surface area contributed by atoms with Crippen molar-refractivity contribution in [2.24, 2.45) is 5.92 Å². The number of morpholine rings is 1. The Hall–Kier alpha value is -1.15. The third kappa shape index (κ3) is 26.1. The summed E-state index contributed by atoms with van der Waals surface area (Å²) < 4.78 is 99.9. The summed E-state index contributed by atoms with van der Waals surface area (Å²) in [6.45, 7) is 0.289. The van der Waals surface area contributed by atoms with Gasteiger partial charge in [-0.3, -0.25) is 13.8 Å². The van der Waals surface area contributed by atoms with Crippen LogP contribution in [0.4, 0.5) is 0 Å². The topological polar surface area (TPSA) is 500 Å². The Bertz CT molecular complexity index is 2340. The van der Waals surface area contributed by atoms with Crippen LogP contribution in [0.3, 0.4) is 0 Å². The van der Waals surface area contributed by atoms with Crippen LogP contribution in [0.15, 0.2) is 0 Å².